The Kier molecular flexibility index (Phi) is 15.8. The molecule has 2 aliphatic rings. The fourth-order valence-electron chi connectivity index (χ4n) is 5.05. The minimum atomic E-state index is -0.718. The van der Waals surface area contributed by atoms with E-state index in [9.17, 15) is 24.0 Å². The van der Waals surface area contributed by atoms with Gasteiger partial charge in [0.1, 0.15) is 12.6 Å². The summed E-state index contributed by atoms with van der Waals surface area (Å²) in [6, 6.07) is 4.32. The van der Waals surface area contributed by atoms with Crippen LogP contribution in [0.2, 0.25) is 0 Å². The van der Waals surface area contributed by atoms with Gasteiger partial charge in [-0.2, -0.15) is 0 Å². The van der Waals surface area contributed by atoms with Gasteiger partial charge in [-0.15, -0.1) is 0 Å². The largest absolute Gasteiger partial charge is 0.466 e. The maximum Gasteiger partial charge on any atom is 0.305 e. The van der Waals surface area contributed by atoms with Crippen LogP contribution in [0.5, 0.6) is 0 Å². The van der Waals surface area contributed by atoms with Gasteiger partial charge in [-0.3, -0.25) is 29.3 Å². The molecule has 4 amide bonds. The number of piperidine rings is 1. The van der Waals surface area contributed by atoms with Crippen molar-refractivity contribution in [1.29, 1.82) is 0 Å². The van der Waals surface area contributed by atoms with E-state index in [1.807, 2.05) is 6.92 Å². The van der Waals surface area contributed by atoms with Gasteiger partial charge >= 0.3 is 5.97 Å². The van der Waals surface area contributed by atoms with Crippen molar-refractivity contribution in [1.82, 2.24) is 15.5 Å². The van der Waals surface area contributed by atoms with Crippen molar-refractivity contribution in [2.75, 3.05) is 64.7 Å². The Labute approximate surface area is 258 Å². The molecule has 1 fully saturated rings. The van der Waals surface area contributed by atoms with Crippen LogP contribution in [0.1, 0.15) is 74.2 Å². The van der Waals surface area contributed by atoms with E-state index >= 15 is 0 Å². The van der Waals surface area contributed by atoms with Crippen LogP contribution in [0.25, 0.3) is 0 Å². The first-order chi connectivity index (χ1) is 21.4. The average molecular weight is 619 g/mol. The van der Waals surface area contributed by atoms with Crippen molar-refractivity contribution < 1.29 is 42.9 Å². The highest BCUT2D eigenvalue weighted by Crippen LogP contribution is 2.32. The minimum absolute atomic E-state index is 0.106. The lowest BCUT2D eigenvalue weighted by molar-refractivity contribution is -0.143. The zero-order valence-corrected chi connectivity index (χ0v) is 25.7. The van der Waals surface area contributed by atoms with E-state index in [0.29, 0.717) is 56.3 Å². The Morgan fingerprint density at radius 2 is 1.66 bits per heavy atom. The van der Waals surface area contributed by atoms with Crippen molar-refractivity contribution in [3.63, 3.8) is 0 Å². The predicted molar refractivity (Wildman–Crippen MR) is 161 cm³/mol. The van der Waals surface area contributed by atoms with E-state index in [0.717, 1.165) is 45.2 Å². The Hall–Kier alpha value is -3.39. The summed E-state index contributed by atoms with van der Waals surface area (Å²) in [4.78, 5) is 61.8. The minimum Gasteiger partial charge on any atom is -0.466 e. The normalized spacial score (nSPS) is 16.2. The first-order valence-corrected chi connectivity index (χ1v) is 15.6. The second-order valence-electron chi connectivity index (χ2n) is 10.6. The maximum absolute atomic E-state index is 12.9. The van der Waals surface area contributed by atoms with E-state index in [4.69, 9.17) is 18.9 Å². The second-order valence-corrected chi connectivity index (χ2v) is 10.6. The lowest BCUT2D eigenvalue weighted by Crippen LogP contribution is -2.52. The van der Waals surface area contributed by atoms with Gasteiger partial charge in [0, 0.05) is 42.7 Å². The molecule has 3 rings (SSSR count). The molecular formula is C31H46N4O9. The molecular weight excluding hydrogens is 572 g/mol. The van der Waals surface area contributed by atoms with Gasteiger partial charge in [0.25, 0.3) is 5.91 Å². The number of hydrogen-bond acceptors (Lipinski definition) is 10. The van der Waals surface area contributed by atoms with Crippen LogP contribution in [0, 0.1) is 0 Å². The number of carbonyl (C=O) groups is 5. The van der Waals surface area contributed by atoms with Crippen molar-refractivity contribution in [3.8, 4) is 0 Å². The molecule has 2 aliphatic heterocycles. The summed E-state index contributed by atoms with van der Waals surface area (Å²) in [6.07, 6.45) is 6.24. The molecule has 1 aromatic rings. The quantitative estimate of drug-likeness (QED) is 0.0995. The van der Waals surface area contributed by atoms with Gasteiger partial charge in [-0.25, -0.2) is 0 Å². The molecule has 0 spiro atoms. The summed E-state index contributed by atoms with van der Waals surface area (Å²) in [5.74, 6) is -1.59. The van der Waals surface area contributed by atoms with E-state index < -0.39 is 11.9 Å². The van der Waals surface area contributed by atoms with E-state index in [1.165, 1.54) is 4.90 Å². The van der Waals surface area contributed by atoms with Gasteiger partial charge in [-0.05, 0) is 44.9 Å². The third-order valence-electron chi connectivity index (χ3n) is 7.30. The lowest BCUT2D eigenvalue weighted by Gasteiger charge is -2.29. The number of rotatable bonds is 22. The summed E-state index contributed by atoms with van der Waals surface area (Å²) in [7, 11) is 0. The van der Waals surface area contributed by atoms with Crippen molar-refractivity contribution in [2.45, 2.75) is 70.9 Å². The Bertz CT molecular complexity index is 1110. The van der Waals surface area contributed by atoms with Crippen LogP contribution in [0.4, 0.5) is 5.69 Å². The molecule has 0 bridgehead atoms. The summed E-state index contributed by atoms with van der Waals surface area (Å²) >= 11 is 0. The van der Waals surface area contributed by atoms with E-state index in [-0.39, 0.29) is 56.3 Å². The lowest BCUT2D eigenvalue weighted by atomic mass is 10.0. The summed E-state index contributed by atoms with van der Waals surface area (Å²) in [5, 5.41) is 8.42. The number of esters is 1. The number of ether oxygens (including phenoxy) is 4. The van der Waals surface area contributed by atoms with Crippen LogP contribution in [-0.4, -0.2) is 99.9 Å². The monoisotopic (exact) mass is 618 g/mol. The molecule has 244 valence electrons. The van der Waals surface area contributed by atoms with Gasteiger partial charge in [0.05, 0.1) is 39.6 Å². The van der Waals surface area contributed by atoms with Gasteiger partial charge < -0.3 is 34.5 Å². The van der Waals surface area contributed by atoms with Crippen molar-refractivity contribution in [3.05, 3.63) is 29.3 Å². The third kappa shape index (κ3) is 11.9. The van der Waals surface area contributed by atoms with E-state index in [2.05, 4.69) is 16.0 Å². The van der Waals surface area contributed by atoms with Gasteiger partial charge in [0.15, 0.2) is 0 Å². The van der Waals surface area contributed by atoms with Gasteiger partial charge in [0.2, 0.25) is 17.7 Å². The number of nitrogens with zero attached hydrogens (tertiary/aromatic N) is 1. The fourth-order valence-corrected chi connectivity index (χ4v) is 5.05. The number of fused-ring (bicyclic) bond motifs is 1. The Morgan fingerprint density at radius 1 is 0.932 bits per heavy atom. The van der Waals surface area contributed by atoms with Crippen molar-refractivity contribution >= 4 is 35.3 Å². The molecule has 13 nitrogen and oxygen atoms in total. The van der Waals surface area contributed by atoms with Crippen LogP contribution in [0.3, 0.4) is 0 Å². The third-order valence-corrected chi connectivity index (χ3v) is 7.30. The van der Waals surface area contributed by atoms with Crippen LogP contribution >= 0.6 is 0 Å². The fraction of sp³-hybridized carbons (Fsp3) is 0.645. The zero-order valence-electron chi connectivity index (χ0n) is 25.7. The molecule has 0 saturated carbocycles. The SMILES string of the molecule is CCOC(=O)CCCCCCCNCCOCCOCCOCC(=O)Nc1cccc2c1CN(C1CCC(=O)NC1=O)C2=O. The predicted octanol–water partition coefficient (Wildman–Crippen LogP) is 1.93. The summed E-state index contributed by atoms with van der Waals surface area (Å²) in [6.45, 7) is 6.03. The Morgan fingerprint density at radius 3 is 2.43 bits per heavy atom. The first-order valence-electron chi connectivity index (χ1n) is 15.6. The van der Waals surface area contributed by atoms with Gasteiger partial charge in [-0.1, -0.05) is 25.3 Å². The average Bonchev–Trinajstić information content (AvgIpc) is 3.33. The standard InChI is InChI=1S/C31H46N4O9/c1-2-44-29(38)11-6-4-3-5-7-14-32-15-16-41-17-18-42-19-20-43-22-28(37)33-25-10-8-9-23-24(25)21-35(31(23)40)26-12-13-27(36)34-30(26)39/h8-10,26,32H,2-7,11-22H2,1H3,(H,33,37)(H,34,36,39). The topological polar surface area (TPSA) is 162 Å². The highest BCUT2D eigenvalue weighted by Gasteiger charge is 2.39. The number of anilines is 1. The molecule has 1 saturated heterocycles. The molecule has 1 aromatic carbocycles. The second kappa shape index (κ2) is 19.8. The highest BCUT2D eigenvalue weighted by molar-refractivity contribution is 6.06. The highest BCUT2D eigenvalue weighted by atomic mass is 16.5. The van der Waals surface area contributed by atoms with Crippen LogP contribution in [-0.2, 0) is 44.7 Å². The smallest absolute Gasteiger partial charge is 0.305 e. The molecule has 0 radical (unpaired) electrons. The molecule has 44 heavy (non-hydrogen) atoms. The number of imide groups is 1. The molecule has 2 heterocycles. The van der Waals surface area contributed by atoms with E-state index in [1.54, 1.807) is 18.2 Å². The summed E-state index contributed by atoms with van der Waals surface area (Å²) < 4.78 is 21.4. The molecule has 1 atom stereocenters. The maximum atomic E-state index is 12.9. The molecule has 0 aliphatic carbocycles. The van der Waals surface area contributed by atoms with Crippen LogP contribution < -0.4 is 16.0 Å². The number of amides is 4. The summed E-state index contributed by atoms with van der Waals surface area (Å²) in [5.41, 5.74) is 1.55. The number of benzene rings is 1. The first kappa shape index (κ1) is 35.1. The zero-order chi connectivity index (χ0) is 31.6. The molecule has 1 unspecified atom stereocenters. The Balaban J connectivity index is 1.15. The number of carbonyl (C=O) groups excluding carboxylic acids is 5. The molecule has 3 N–H and O–H groups in total. The number of hydrogen-bond donors (Lipinski definition) is 3. The molecule has 0 aromatic heterocycles. The molecule has 13 heteroatoms. The van der Waals surface area contributed by atoms with Crippen LogP contribution in [0.15, 0.2) is 18.2 Å². The van der Waals surface area contributed by atoms with Crippen molar-refractivity contribution in [2.24, 2.45) is 0 Å². The number of unbranched alkanes of at least 4 members (excludes halogenated alkanes) is 4. The number of nitrogens with one attached hydrogen (secondary N) is 3.